The summed E-state index contributed by atoms with van der Waals surface area (Å²) < 4.78 is 1.71. The molecule has 1 fully saturated rings. The molecule has 1 aliphatic heterocycles. The third kappa shape index (κ3) is 5.35. The van der Waals surface area contributed by atoms with Gasteiger partial charge in [-0.25, -0.2) is 4.98 Å². The van der Waals surface area contributed by atoms with Crippen LogP contribution in [0.4, 0.5) is 5.69 Å². The first-order chi connectivity index (χ1) is 13.8. The molecule has 8 nitrogen and oxygen atoms in total. The van der Waals surface area contributed by atoms with Crippen molar-refractivity contribution >= 4 is 28.9 Å². The molecule has 1 saturated heterocycles. The number of aromatic nitrogens is 3. The number of hydrogen-bond donors (Lipinski definition) is 1. The molecular formula is C20H31N7OS. The fourth-order valence-corrected chi connectivity index (χ4v) is 4.14. The molecule has 1 N–H and O–H groups in total. The Bertz CT molecular complexity index is 864. The molecule has 0 saturated carbocycles. The standard InChI is InChI=1S/C20H31N7OS/c1-6-21-19(22-8-7-17-24-16(14-29-17)20(2,3)4)26-9-10-27(18(28)13-26)15-11-23-25(5)12-15/h11-12,14H,6-10,13H2,1-5H3,(H,21,22). The van der Waals surface area contributed by atoms with Gasteiger partial charge in [-0.2, -0.15) is 5.10 Å². The van der Waals surface area contributed by atoms with Gasteiger partial charge in [-0.1, -0.05) is 20.8 Å². The van der Waals surface area contributed by atoms with Crippen molar-refractivity contribution in [2.24, 2.45) is 12.0 Å². The Morgan fingerprint density at radius 3 is 2.72 bits per heavy atom. The van der Waals surface area contributed by atoms with Crippen LogP contribution < -0.4 is 10.2 Å². The number of nitrogens with zero attached hydrogens (tertiary/aromatic N) is 6. The van der Waals surface area contributed by atoms with Gasteiger partial charge in [0.25, 0.3) is 0 Å². The van der Waals surface area contributed by atoms with Gasteiger partial charge in [0.05, 0.1) is 22.6 Å². The van der Waals surface area contributed by atoms with Crippen LogP contribution in [-0.2, 0) is 23.7 Å². The Morgan fingerprint density at radius 1 is 1.34 bits per heavy atom. The zero-order valence-corrected chi connectivity index (χ0v) is 18.8. The molecule has 9 heteroatoms. The van der Waals surface area contributed by atoms with Gasteiger partial charge in [0.2, 0.25) is 5.91 Å². The summed E-state index contributed by atoms with van der Waals surface area (Å²) in [6, 6.07) is 0. The molecule has 0 radical (unpaired) electrons. The van der Waals surface area contributed by atoms with E-state index in [0.717, 1.165) is 41.9 Å². The number of amides is 1. The molecule has 158 valence electrons. The number of anilines is 1. The maximum atomic E-state index is 12.7. The number of carbonyl (C=O) groups excluding carboxylic acids is 1. The van der Waals surface area contributed by atoms with Gasteiger partial charge in [-0.05, 0) is 6.92 Å². The molecule has 3 rings (SSSR count). The first-order valence-corrected chi connectivity index (χ1v) is 10.9. The van der Waals surface area contributed by atoms with Crippen molar-refractivity contribution in [1.29, 1.82) is 0 Å². The molecule has 0 aliphatic carbocycles. The number of aliphatic imine (C=N–C) groups is 1. The Balaban J connectivity index is 1.60. The summed E-state index contributed by atoms with van der Waals surface area (Å²) in [7, 11) is 1.85. The summed E-state index contributed by atoms with van der Waals surface area (Å²) in [5, 5.41) is 10.7. The predicted molar refractivity (Wildman–Crippen MR) is 118 cm³/mol. The molecule has 0 spiro atoms. The van der Waals surface area contributed by atoms with Crippen LogP contribution in [-0.4, -0.2) is 64.3 Å². The van der Waals surface area contributed by atoms with E-state index >= 15 is 0 Å². The van der Waals surface area contributed by atoms with Crippen molar-refractivity contribution in [3.05, 3.63) is 28.5 Å². The summed E-state index contributed by atoms with van der Waals surface area (Å²) >= 11 is 1.69. The van der Waals surface area contributed by atoms with E-state index < -0.39 is 0 Å². The molecule has 0 atom stereocenters. The number of piperazine rings is 1. The molecule has 0 aromatic carbocycles. The molecule has 1 amide bonds. The normalized spacial score (nSPS) is 15.9. The van der Waals surface area contributed by atoms with Gasteiger partial charge >= 0.3 is 0 Å². The zero-order chi connectivity index (χ0) is 21.0. The van der Waals surface area contributed by atoms with Crippen molar-refractivity contribution in [3.63, 3.8) is 0 Å². The first kappa shape index (κ1) is 21.3. The highest BCUT2D eigenvalue weighted by Gasteiger charge is 2.27. The monoisotopic (exact) mass is 417 g/mol. The van der Waals surface area contributed by atoms with Gasteiger partial charge in [-0.3, -0.25) is 14.5 Å². The number of hydrogen-bond acceptors (Lipinski definition) is 5. The molecular weight excluding hydrogens is 386 g/mol. The van der Waals surface area contributed by atoms with E-state index in [4.69, 9.17) is 9.98 Å². The first-order valence-electron chi connectivity index (χ1n) is 10.0. The number of nitrogens with one attached hydrogen (secondary N) is 1. The number of guanidine groups is 1. The molecule has 1 aliphatic rings. The van der Waals surface area contributed by atoms with Crippen molar-refractivity contribution in [3.8, 4) is 0 Å². The van der Waals surface area contributed by atoms with Crippen LogP contribution in [0.2, 0.25) is 0 Å². The second-order valence-corrected chi connectivity index (χ2v) is 9.14. The summed E-state index contributed by atoms with van der Waals surface area (Å²) in [4.78, 5) is 26.0. The third-order valence-corrected chi connectivity index (χ3v) is 5.67. The average molecular weight is 418 g/mol. The largest absolute Gasteiger partial charge is 0.357 e. The fraction of sp³-hybridized carbons (Fsp3) is 0.600. The minimum Gasteiger partial charge on any atom is -0.357 e. The maximum absolute atomic E-state index is 12.7. The summed E-state index contributed by atoms with van der Waals surface area (Å²) in [5.74, 6) is 0.851. The van der Waals surface area contributed by atoms with E-state index in [2.05, 4.69) is 36.6 Å². The van der Waals surface area contributed by atoms with E-state index in [-0.39, 0.29) is 11.3 Å². The van der Waals surface area contributed by atoms with Crippen LogP contribution in [0.1, 0.15) is 38.4 Å². The molecule has 0 unspecified atom stereocenters. The van der Waals surface area contributed by atoms with Crippen LogP contribution in [0.15, 0.2) is 22.8 Å². The number of carbonyl (C=O) groups is 1. The second kappa shape index (κ2) is 8.94. The predicted octanol–water partition coefficient (Wildman–Crippen LogP) is 2.03. The lowest BCUT2D eigenvalue weighted by Crippen LogP contribution is -2.55. The average Bonchev–Trinajstić information content (AvgIpc) is 3.30. The van der Waals surface area contributed by atoms with Crippen LogP contribution in [0, 0.1) is 0 Å². The highest BCUT2D eigenvalue weighted by Crippen LogP contribution is 2.24. The Hall–Kier alpha value is -2.42. The summed E-state index contributed by atoms with van der Waals surface area (Å²) in [6.07, 6.45) is 4.40. The van der Waals surface area contributed by atoms with Gasteiger partial charge in [-0.15, -0.1) is 11.3 Å². The third-order valence-electron chi connectivity index (χ3n) is 4.77. The zero-order valence-electron chi connectivity index (χ0n) is 18.0. The van der Waals surface area contributed by atoms with Crippen molar-refractivity contribution in [2.75, 3.05) is 37.6 Å². The smallest absolute Gasteiger partial charge is 0.246 e. The van der Waals surface area contributed by atoms with E-state index in [9.17, 15) is 4.79 Å². The minimum atomic E-state index is 0.0598. The number of aryl methyl sites for hydroxylation is 1. The molecule has 2 aromatic heterocycles. The fourth-order valence-electron chi connectivity index (χ4n) is 3.13. The number of thiazole rings is 1. The van der Waals surface area contributed by atoms with Gasteiger partial charge in [0.1, 0.15) is 6.54 Å². The lowest BCUT2D eigenvalue weighted by Gasteiger charge is -2.35. The highest BCUT2D eigenvalue weighted by molar-refractivity contribution is 7.09. The highest BCUT2D eigenvalue weighted by atomic mass is 32.1. The molecule has 2 aromatic rings. The van der Waals surface area contributed by atoms with Crippen LogP contribution in [0.25, 0.3) is 0 Å². The lowest BCUT2D eigenvalue weighted by atomic mass is 9.93. The van der Waals surface area contributed by atoms with E-state index in [1.54, 1.807) is 27.1 Å². The van der Waals surface area contributed by atoms with Crippen molar-refractivity contribution < 1.29 is 4.79 Å². The Kier molecular flexibility index (Phi) is 6.56. The van der Waals surface area contributed by atoms with Crippen LogP contribution in [0.5, 0.6) is 0 Å². The Morgan fingerprint density at radius 2 is 2.14 bits per heavy atom. The van der Waals surface area contributed by atoms with Gasteiger partial charge in [0.15, 0.2) is 5.96 Å². The summed E-state index contributed by atoms with van der Waals surface area (Å²) in [6.45, 7) is 11.7. The van der Waals surface area contributed by atoms with E-state index in [1.807, 2.05) is 25.1 Å². The molecule has 3 heterocycles. The SMILES string of the molecule is CCNC(=NCCc1nc(C(C)(C)C)cs1)N1CCN(c2cnn(C)c2)C(=O)C1. The quantitative estimate of drug-likeness (QED) is 0.595. The second-order valence-electron chi connectivity index (χ2n) is 8.20. The van der Waals surface area contributed by atoms with Crippen molar-refractivity contribution in [2.45, 2.75) is 39.5 Å². The summed E-state index contributed by atoms with van der Waals surface area (Å²) in [5.41, 5.74) is 2.05. The van der Waals surface area contributed by atoms with E-state index in [0.29, 0.717) is 19.6 Å². The number of rotatable bonds is 5. The molecule has 29 heavy (non-hydrogen) atoms. The van der Waals surface area contributed by atoms with Gasteiger partial charge in [0, 0.05) is 56.6 Å². The minimum absolute atomic E-state index is 0.0598. The van der Waals surface area contributed by atoms with E-state index in [1.165, 1.54) is 0 Å². The Labute approximate surface area is 176 Å². The van der Waals surface area contributed by atoms with Crippen molar-refractivity contribution in [1.82, 2.24) is 25.0 Å². The van der Waals surface area contributed by atoms with Crippen LogP contribution >= 0.6 is 11.3 Å². The maximum Gasteiger partial charge on any atom is 0.246 e. The topological polar surface area (TPSA) is 78.7 Å². The van der Waals surface area contributed by atoms with Gasteiger partial charge < -0.3 is 15.1 Å². The molecule has 0 bridgehead atoms. The lowest BCUT2D eigenvalue weighted by molar-refractivity contribution is -0.120. The van der Waals surface area contributed by atoms with Crippen LogP contribution in [0.3, 0.4) is 0 Å².